The Morgan fingerprint density at radius 2 is 1.96 bits per heavy atom. The molecule has 2 amide bonds. The van der Waals surface area contributed by atoms with Crippen molar-refractivity contribution in [2.24, 2.45) is 0 Å². The standard InChI is InChI=1S/C17H22FN5O2/c1-2-3-15-20-16(25-21-15)12-22-8-10-23(11-9-22)17(24)19-14-6-4-13(18)5-7-14/h4-7H,2-3,8-12H2,1H3,(H,19,24). The van der Waals surface area contributed by atoms with Crippen LogP contribution in [0.2, 0.25) is 0 Å². The zero-order valence-corrected chi connectivity index (χ0v) is 14.2. The molecular formula is C17H22FN5O2. The van der Waals surface area contributed by atoms with Crippen LogP contribution in [-0.2, 0) is 13.0 Å². The van der Waals surface area contributed by atoms with Crippen LogP contribution < -0.4 is 5.32 Å². The minimum absolute atomic E-state index is 0.172. The van der Waals surface area contributed by atoms with E-state index in [1.54, 1.807) is 17.0 Å². The van der Waals surface area contributed by atoms with E-state index in [1.807, 2.05) is 0 Å². The Kier molecular flexibility index (Phi) is 5.60. The van der Waals surface area contributed by atoms with Crippen LogP contribution in [0.3, 0.4) is 0 Å². The van der Waals surface area contributed by atoms with Gasteiger partial charge in [0.1, 0.15) is 5.82 Å². The number of hydrogen-bond donors (Lipinski definition) is 1. The number of urea groups is 1. The molecule has 25 heavy (non-hydrogen) atoms. The van der Waals surface area contributed by atoms with Crippen molar-refractivity contribution in [1.29, 1.82) is 0 Å². The molecule has 1 fully saturated rings. The molecular weight excluding hydrogens is 325 g/mol. The highest BCUT2D eigenvalue weighted by molar-refractivity contribution is 5.89. The van der Waals surface area contributed by atoms with E-state index in [9.17, 15) is 9.18 Å². The largest absolute Gasteiger partial charge is 0.338 e. The number of nitrogens with zero attached hydrogens (tertiary/aromatic N) is 4. The highest BCUT2D eigenvalue weighted by Gasteiger charge is 2.22. The van der Waals surface area contributed by atoms with Gasteiger partial charge in [0.15, 0.2) is 5.82 Å². The number of hydrogen-bond acceptors (Lipinski definition) is 5. The lowest BCUT2D eigenvalue weighted by atomic mass is 10.3. The SMILES string of the molecule is CCCc1noc(CN2CCN(C(=O)Nc3ccc(F)cc3)CC2)n1. The predicted octanol–water partition coefficient (Wildman–Crippen LogP) is 2.51. The van der Waals surface area contributed by atoms with Gasteiger partial charge < -0.3 is 14.7 Å². The van der Waals surface area contributed by atoms with Crippen LogP contribution in [0.1, 0.15) is 25.1 Å². The molecule has 0 radical (unpaired) electrons. The molecule has 8 heteroatoms. The Hall–Kier alpha value is -2.48. The predicted molar refractivity (Wildman–Crippen MR) is 90.6 cm³/mol. The number of amides is 2. The first-order chi connectivity index (χ1) is 12.1. The molecule has 0 atom stereocenters. The second-order valence-corrected chi connectivity index (χ2v) is 6.05. The normalized spacial score (nSPS) is 15.4. The topological polar surface area (TPSA) is 74.5 Å². The van der Waals surface area contributed by atoms with Gasteiger partial charge in [-0.2, -0.15) is 4.98 Å². The van der Waals surface area contributed by atoms with Crippen LogP contribution in [0, 0.1) is 5.82 Å². The fourth-order valence-corrected chi connectivity index (χ4v) is 2.72. The van der Waals surface area contributed by atoms with Crippen molar-refractivity contribution >= 4 is 11.7 Å². The number of benzene rings is 1. The Balaban J connectivity index is 1.46. The zero-order chi connectivity index (χ0) is 17.6. The van der Waals surface area contributed by atoms with E-state index in [0.29, 0.717) is 31.2 Å². The minimum atomic E-state index is -0.324. The molecule has 3 rings (SSSR count). The van der Waals surface area contributed by atoms with Crippen molar-refractivity contribution in [1.82, 2.24) is 19.9 Å². The highest BCUT2D eigenvalue weighted by atomic mass is 19.1. The first-order valence-corrected chi connectivity index (χ1v) is 8.49. The minimum Gasteiger partial charge on any atom is -0.338 e. The van der Waals surface area contributed by atoms with Gasteiger partial charge >= 0.3 is 6.03 Å². The summed E-state index contributed by atoms with van der Waals surface area (Å²) in [6.45, 7) is 5.38. The van der Waals surface area contributed by atoms with Gasteiger partial charge in [-0.1, -0.05) is 12.1 Å². The number of anilines is 1. The van der Waals surface area contributed by atoms with Gasteiger partial charge in [-0.05, 0) is 30.7 Å². The summed E-state index contributed by atoms with van der Waals surface area (Å²) in [7, 11) is 0. The van der Waals surface area contributed by atoms with Gasteiger partial charge in [0.2, 0.25) is 5.89 Å². The lowest BCUT2D eigenvalue weighted by Crippen LogP contribution is -2.49. The quantitative estimate of drug-likeness (QED) is 0.899. The molecule has 1 saturated heterocycles. The Morgan fingerprint density at radius 3 is 2.64 bits per heavy atom. The average molecular weight is 347 g/mol. The summed E-state index contributed by atoms with van der Waals surface area (Å²) in [5.74, 6) is 1.04. The Labute approximate surface area is 145 Å². The number of carbonyl (C=O) groups is 1. The first kappa shape index (κ1) is 17.3. The second kappa shape index (κ2) is 8.06. The lowest BCUT2D eigenvalue weighted by molar-refractivity contribution is 0.133. The number of aryl methyl sites for hydroxylation is 1. The van der Waals surface area contributed by atoms with Gasteiger partial charge in [0.25, 0.3) is 0 Å². The fraction of sp³-hybridized carbons (Fsp3) is 0.471. The molecule has 134 valence electrons. The summed E-state index contributed by atoms with van der Waals surface area (Å²) < 4.78 is 18.2. The molecule has 0 bridgehead atoms. The Bertz CT molecular complexity index is 695. The number of rotatable bonds is 5. The van der Waals surface area contributed by atoms with Crippen LogP contribution in [0.25, 0.3) is 0 Å². The van der Waals surface area contributed by atoms with Crippen molar-refractivity contribution < 1.29 is 13.7 Å². The van der Waals surface area contributed by atoms with Crippen molar-refractivity contribution in [3.8, 4) is 0 Å². The molecule has 1 aromatic carbocycles. The number of aromatic nitrogens is 2. The average Bonchev–Trinajstić information content (AvgIpc) is 3.05. The van der Waals surface area contributed by atoms with E-state index in [1.165, 1.54) is 12.1 Å². The third kappa shape index (κ3) is 4.76. The van der Waals surface area contributed by atoms with Gasteiger partial charge in [-0.15, -0.1) is 0 Å². The van der Waals surface area contributed by atoms with Crippen LogP contribution in [-0.4, -0.2) is 52.2 Å². The number of piperazine rings is 1. The molecule has 1 aromatic heterocycles. The molecule has 0 saturated carbocycles. The van der Waals surface area contributed by atoms with Crippen LogP contribution in [0.5, 0.6) is 0 Å². The zero-order valence-electron chi connectivity index (χ0n) is 14.2. The summed E-state index contributed by atoms with van der Waals surface area (Å²) >= 11 is 0. The van der Waals surface area contributed by atoms with E-state index in [4.69, 9.17) is 4.52 Å². The van der Waals surface area contributed by atoms with Gasteiger partial charge in [0.05, 0.1) is 6.54 Å². The van der Waals surface area contributed by atoms with E-state index in [2.05, 4.69) is 27.3 Å². The molecule has 1 aliphatic rings. The van der Waals surface area contributed by atoms with E-state index < -0.39 is 0 Å². The van der Waals surface area contributed by atoms with Crippen molar-refractivity contribution in [3.63, 3.8) is 0 Å². The van der Waals surface area contributed by atoms with Crippen LogP contribution in [0.4, 0.5) is 14.9 Å². The van der Waals surface area contributed by atoms with Gasteiger partial charge in [0, 0.05) is 38.3 Å². The van der Waals surface area contributed by atoms with E-state index >= 15 is 0 Å². The summed E-state index contributed by atoms with van der Waals surface area (Å²) in [6.07, 6.45) is 1.81. The molecule has 2 aromatic rings. The Morgan fingerprint density at radius 1 is 1.24 bits per heavy atom. The smallest absolute Gasteiger partial charge is 0.321 e. The van der Waals surface area contributed by atoms with Crippen LogP contribution in [0.15, 0.2) is 28.8 Å². The molecule has 7 nitrogen and oxygen atoms in total. The fourth-order valence-electron chi connectivity index (χ4n) is 2.72. The number of nitrogens with one attached hydrogen (secondary N) is 1. The summed E-state index contributed by atoms with van der Waals surface area (Å²) in [4.78, 5) is 20.6. The number of carbonyl (C=O) groups excluding carboxylic acids is 1. The summed E-state index contributed by atoms with van der Waals surface area (Å²) in [5.41, 5.74) is 0.586. The number of halogens is 1. The second-order valence-electron chi connectivity index (χ2n) is 6.05. The maximum Gasteiger partial charge on any atom is 0.321 e. The lowest BCUT2D eigenvalue weighted by Gasteiger charge is -2.33. The van der Waals surface area contributed by atoms with E-state index in [0.717, 1.165) is 31.8 Å². The first-order valence-electron chi connectivity index (χ1n) is 8.49. The summed E-state index contributed by atoms with van der Waals surface area (Å²) in [5, 5.41) is 6.74. The monoisotopic (exact) mass is 347 g/mol. The maximum absolute atomic E-state index is 12.9. The molecule has 0 unspecified atom stereocenters. The molecule has 2 heterocycles. The molecule has 0 spiro atoms. The molecule has 0 aliphatic carbocycles. The molecule has 1 N–H and O–H groups in total. The van der Waals surface area contributed by atoms with E-state index in [-0.39, 0.29) is 11.8 Å². The van der Waals surface area contributed by atoms with Crippen molar-refractivity contribution in [2.45, 2.75) is 26.3 Å². The summed E-state index contributed by atoms with van der Waals surface area (Å²) in [6, 6.07) is 5.57. The highest BCUT2D eigenvalue weighted by Crippen LogP contribution is 2.12. The third-order valence-corrected chi connectivity index (χ3v) is 4.10. The third-order valence-electron chi connectivity index (χ3n) is 4.10. The van der Waals surface area contributed by atoms with Crippen molar-refractivity contribution in [2.75, 3.05) is 31.5 Å². The van der Waals surface area contributed by atoms with Gasteiger partial charge in [-0.25, -0.2) is 9.18 Å². The van der Waals surface area contributed by atoms with Crippen LogP contribution >= 0.6 is 0 Å². The molecule has 1 aliphatic heterocycles. The van der Waals surface area contributed by atoms with Crippen molar-refractivity contribution in [3.05, 3.63) is 41.8 Å². The van der Waals surface area contributed by atoms with Gasteiger partial charge in [-0.3, -0.25) is 4.90 Å². The maximum atomic E-state index is 12.9.